The molecule has 1 fully saturated rings. The van der Waals surface area contributed by atoms with Crippen molar-refractivity contribution in [3.63, 3.8) is 0 Å². The summed E-state index contributed by atoms with van der Waals surface area (Å²) in [5.41, 5.74) is 2.33. The standard InChI is InChI=1S/C32H39N3O4S/c1-3-25-19-21-28(22-20-25)35(40(38,39)29-17-9-6-10-18-29)24-31(36)34(23-26-13-7-5-8-14-26)30(4-2)32(37)33-27-15-11-12-16-27/h5-10,13-14,17-22,27,30H,3-4,11-12,15-16,23-24H2,1-2H3,(H,33,37)/t30-/m1/s1. The lowest BCUT2D eigenvalue weighted by atomic mass is 10.1. The molecule has 1 aliphatic rings. The van der Waals surface area contributed by atoms with E-state index in [0.29, 0.717) is 12.1 Å². The molecule has 0 aliphatic heterocycles. The summed E-state index contributed by atoms with van der Waals surface area (Å²) in [7, 11) is -4.06. The molecule has 212 valence electrons. The number of anilines is 1. The van der Waals surface area contributed by atoms with Crippen molar-refractivity contribution >= 4 is 27.5 Å². The molecule has 0 bridgehead atoms. The third-order valence-electron chi connectivity index (χ3n) is 7.53. The van der Waals surface area contributed by atoms with Gasteiger partial charge in [0, 0.05) is 12.6 Å². The maximum atomic E-state index is 14.1. The van der Waals surface area contributed by atoms with E-state index in [2.05, 4.69) is 5.32 Å². The topological polar surface area (TPSA) is 86.8 Å². The lowest BCUT2D eigenvalue weighted by molar-refractivity contribution is -0.140. The van der Waals surface area contributed by atoms with E-state index >= 15 is 0 Å². The highest BCUT2D eigenvalue weighted by atomic mass is 32.2. The molecule has 1 saturated carbocycles. The van der Waals surface area contributed by atoms with E-state index in [4.69, 9.17) is 0 Å². The smallest absolute Gasteiger partial charge is 0.264 e. The van der Waals surface area contributed by atoms with Crippen LogP contribution in [0.4, 0.5) is 5.69 Å². The Hall–Kier alpha value is -3.65. The number of aryl methyl sites for hydroxylation is 1. The van der Waals surface area contributed by atoms with Crippen LogP contribution in [0.3, 0.4) is 0 Å². The van der Waals surface area contributed by atoms with Crippen molar-refractivity contribution in [3.8, 4) is 0 Å². The van der Waals surface area contributed by atoms with E-state index in [0.717, 1.165) is 47.5 Å². The minimum Gasteiger partial charge on any atom is -0.352 e. The van der Waals surface area contributed by atoms with Crippen LogP contribution >= 0.6 is 0 Å². The molecule has 4 rings (SSSR count). The number of benzene rings is 3. The van der Waals surface area contributed by atoms with Crippen molar-refractivity contribution in [2.75, 3.05) is 10.8 Å². The van der Waals surface area contributed by atoms with Gasteiger partial charge in [-0.3, -0.25) is 13.9 Å². The summed E-state index contributed by atoms with van der Waals surface area (Å²) in [4.78, 5) is 29.2. The first kappa shape index (κ1) is 29.3. The Kier molecular flexibility index (Phi) is 9.98. The van der Waals surface area contributed by atoms with Gasteiger partial charge >= 0.3 is 0 Å². The largest absolute Gasteiger partial charge is 0.352 e. The first-order chi connectivity index (χ1) is 19.3. The lowest BCUT2D eigenvalue weighted by Gasteiger charge is -2.33. The summed E-state index contributed by atoms with van der Waals surface area (Å²) in [6, 6.07) is 24.2. The van der Waals surface area contributed by atoms with Crippen LogP contribution in [-0.4, -0.2) is 43.8 Å². The Morgan fingerprint density at radius 3 is 2.02 bits per heavy atom. The predicted molar refractivity (Wildman–Crippen MR) is 158 cm³/mol. The third kappa shape index (κ3) is 7.10. The van der Waals surface area contributed by atoms with Gasteiger partial charge in [-0.05, 0) is 61.1 Å². The summed E-state index contributed by atoms with van der Waals surface area (Å²) >= 11 is 0. The normalized spacial score (nSPS) is 14.4. The zero-order valence-corrected chi connectivity index (χ0v) is 24.1. The van der Waals surface area contributed by atoms with Crippen LogP contribution in [0, 0.1) is 0 Å². The van der Waals surface area contributed by atoms with Crippen LogP contribution in [0.1, 0.15) is 57.1 Å². The molecular formula is C32H39N3O4S. The summed E-state index contributed by atoms with van der Waals surface area (Å²) < 4.78 is 28.9. The number of rotatable bonds is 12. The fourth-order valence-electron chi connectivity index (χ4n) is 5.21. The van der Waals surface area contributed by atoms with E-state index in [1.807, 2.05) is 56.3 Å². The molecule has 0 aromatic heterocycles. The summed E-state index contributed by atoms with van der Waals surface area (Å²) in [6.07, 6.45) is 5.25. The highest BCUT2D eigenvalue weighted by Gasteiger charge is 2.34. The van der Waals surface area contributed by atoms with Crippen molar-refractivity contribution in [1.29, 1.82) is 0 Å². The van der Waals surface area contributed by atoms with Crippen LogP contribution in [0.5, 0.6) is 0 Å². The van der Waals surface area contributed by atoms with E-state index in [-0.39, 0.29) is 23.4 Å². The van der Waals surface area contributed by atoms with Crippen molar-refractivity contribution in [3.05, 3.63) is 96.1 Å². The third-order valence-corrected chi connectivity index (χ3v) is 9.31. The zero-order chi connectivity index (χ0) is 28.5. The number of carbonyl (C=O) groups excluding carboxylic acids is 2. The van der Waals surface area contributed by atoms with Gasteiger partial charge in [-0.1, -0.05) is 87.4 Å². The number of hydrogen-bond acceptors (Lipinski definition) is 4. The van der Waals surface area contributed by atoms with Crippen LogP contribution in [-0.2, 0) is 32.6 Å². The molecule has 0 unspecified atom stereocenters. The van der Waals surface area contributed by atoms with Gasteiger partial charge in [0.25, 0.3) is 10.0 Å². The van der Waals surface area contributed by atoms with Crippen LogP contribution in [0.25, 0.3) is 0 Å². The van der Waals surface area contributed by atoms with Gasteiger partial charge in [0.05, 0.1) is 10.6 Å². The minimum atomic E-state index is -4.06. The van der Waals surface area contributed by atoms with Crippen LogP contribution in [0.2, 0.25) is 0 Å². The SMILES string of the molecule is CCc1ccc(N(CC(=O)N(Cc2ccccc2)[C@H](CC)C(=O)NC2CCCC2)S(=O)(=O)c2ccccc2)cc1. The molecule has 2 amide bonds. The second-order valence-electron chi connectivity index (χ2n) is 10.3. The van der Waals surface area contributed by atoms with Crippen molar-refractivity contribution in [2.24, 2.45) is 0 Å². The number of amides is 2. The molecule has 0 saturated heterocycles. The number of hydrogen-bond donors (Lipinski definition) is 1. The molecule has 0 spiro atoms. The second-order valence-corrected chi connectivity index (χ2v) is 12.1. The average molecular weight is 562 g/mol. The Labute approximate surface area is 238 Å². The van der Waals surface area contributed by atoms with Crippen LogP contribution in [0.15, 0.2) is 89.8 Å². The maximum Gasteiger partial charge on any atom is 0.264 e. The Morgan fingerprint density at radius 2 is 1.45 bits per heavy atom. The molecule has 1 N–H and O–H groups in total. The second kappa shape index (κ2) is 13.6. The molecule has 1 atom stereocenters. The van der Waals surface area contributed by atoms with Crippen LogP contribution < -0.4 is 9.62 Å². The molecule has 3 aromatic rings. The van der Waals surface area contributed by atoms with Gasteiger partial charge in [-0.25, -0.2) is 8.42 Å². The van der Waals surface area contributed by atoms with Gasteiger partial charge in [0.1, 0.15) is 12.6 Å². The minimum absolute atomic E-state index is 0.1000. The molecule has 0 heterocycles. The Balaban J connectivity index is 1.69. The number of sulfonamides is 1. The van der Waals surface area contributed by atoms with Crippen molar-refractivity contribution in [1.82, 2.24) is 10.2 Å². The predicted octanol–water partition coefficient (Wildman–Crippen LogP) is 5.31. The fraction of sp³-hybridized carbons (Fsp3) is 0.375. The maximum absolute atomic E-state index is 14.1. The Morgan fingerprint density at radius 1 is 0.850 bits per heavy atom. The van der Waals surface area contributed by atoms with Gasteiger partial charge < -0.3 is 10.2 Å². The van der Waals surface area contributed by atoms with Gasteiger partial charge in [-0.15, -0.1) is 0 Å². The summed E-state index contributed by atoms with van der Waals surface area (Å²) in [5, 5.41) is 3.14. The molecule has 40 heavy (non-hydrogen) atoms. The first-order valence-electron chi connectivity index (χ1n) is 14.1. The van der Waals surface area contributed by atoms with Crippen molar-refractivity contribution < 1.29 is 18.0 Å². The van der Waals surface area contributed by atoms with Gasteiger partial charge in [-0.2, -0.15) is 0 Å². The summed E-state index contributed by atoms with van der Waals surface area (Å²) in [5.74, 6) is -0.625. The molecule has 1 aliphatic carbocycles. The van der Waals surface area contributed by atoms with E-state index in [9.17, 15) is 18.0 Å². The van der Waals surface area contributed by atoms with E-state index in [1.54, 1.807) is 30.3 Å². The zero-order valence-electron chi connectivity index (χ0n) is 23.3. The molecule has 3 aromatic carbocycles. The van der Waals surface area contributed by atoms with Gasteiger partial charge in [0.15, 0.2) is 0 Å². The number of carbonyl (C=O) groups is 2. The molecular weight excluding hydrogens is 522 g/mol. The highest BCUT2D eigenvalue weighted by molar-refractivity contribution is 7.92. The summed E-state index contributed by atoms with van der Waals surface area (Å²) in [6.45, 7) is 3.68. The first-order valence-corrected chi connectivity index (χ1v) is 15.6. The quantitative estimate of drug-likeness (QED) is 0.325. The molecule has 8 heteroatoms. The Bertz CT molecular complexity index is 1360. The van der Waals surface area contributed by atoms with E-state index < -0.39 is 28.5 Å². The lowest BCUT2D eigenvalue weighted by Crippen LogP contribution is -2.53. The number of nitrogens with one attached hydrogen (secondary N) is 1. The highest BCUT2D eigenvalue weighted by Crippen LogP contribution is 2.26. The molecule has 7 nitrogen and oxygen atoms in total. The fourth-order valence-corrected chi connectivity index (χ4v) is 6.65. The molecule has 0 radical (unpaired) electrons. The van der Waals surface area contributed by atoms with Crippen molar-refractivity contribution in [2.45, 2.75) is 75.9 Å². The average Bonchev–Trinajstić information content (AvgIpc) is 3.49. The monoisotopic (exact) mass is 561 g/mol. The van der Waals surface area contributed by atoms with E-state index in [1.165, 1.54) is 17.0 Å². The van der Waals surface area contributed by atoms with Gasteiger partial charge in [0.2, 0.25) is 11.8 Å². The number of nitrogens with zero attached hydrogens (tertiary/aromatic N) is 2.